The van der Waals surface area contributed by atoms with Gasteiger partial charge >= 0.3 is 0 Å². The van der Waals surface area contributed by atoms with Gasteiger partial charge in [0.1, 0.15) is 5.75 Å². The van der Waals surface area contributed by atoms with Crippen LogP contribution < -0.4 is 10.1 Å². The first-order valence-electron chi connectivity index (χ1n) is 6.20. The summed E-state index contributed by atoms with van der Waals surface area (Å²) in [4.78, 5) is 0. The zero-order valence-electron chi connectivity index (χ0n) is 11.0. The summed E-state index contributed by atoms with van der Waals surface area (Å²) >= 11 is 2.02. The zero-order valence-corrected chi connectivity index (χ0v) is 11.8. The minimum atomic E-state index is 0.409. The van der Waals surface area contributed by atoms with Crippen LogP contribution >= 0.6 is 11.8 Å². The summed E-state index contributed by atoms with van der Waals surface area (Å²) in [6.45, 7) is 2.23. The fraction of sp³-hybridized carbons (Fsp3) is 0.571. The summed E-state index contributed by atoms with van der Waals surface area (Å²) in [5, 5.41) is 3.37. The third kappa shape index (κ3) is 5.00. The van der Waals surface area contributed by atoms with E-state index in [0.29, 0.717) is 6.04 Å². The molecule has 1 N–H and O–H groups in total. The molecular formula is C14H23NOS. The lowest BCUT2D eigenvalue weighted by molar-refractivity contribution is 0.413. The van der Waals surface area contributed by atoms with E-state index in [0.717, 1.165) is 11.5 Å². The van der Waals surface area contributed by atoms with Crippen molar-refractivity contribution in [3.05, 3.63) is 29.8 Å². The second-order valence-corrected chi connectivity index (χ2v) is 5.20. The van der Waals surface area contributed by atoms with Crippen LogP contribution in [0.15, 0.2) is 24.3 Å². The first-order chi connectivity index (χ1) is 8.31. The molecule has 3 heteroatoms. The van der Waals surface area contributed by atoms with Crippen LogP contribution in [0, 0.1) is 0 Å². The highest BCUT2D eigenvalue weighted by atomic mass is 32.2. The molecule has 0 aliphatic carbocycles. The molecule has 0 saturated carbocycles. The quantitative estimate of drug-likeness (QED) is 0.717. The Morgan fingerprint density at radius 1 is 1.41 bits per heavy atom. The van der Waals surface area contributed by atoms with Crippen molar-refractivity contribution in [2.24, 2.45) is 0 Å². The molecule has 17 heavy (non-hydrogen) atoms. The van der Waals surface area contributed by atoms with Crippen LogP contribution in [0.25, 0.3) is 0 Å². The normalized spacial score (nSPS) is 12.4. The lowest BCUT2D eigenvalue weighted by Crippen LogP contribution is -2.18. The van der Waals surface area contributed by atoms with Gasteiger partial charge in [-0.05, 0) is 36.9 Å². The fourth-order valence-corrected chi connectivity index (χ4v) is 2.91. The van der Waals surface area contributed by atoms with Gasteiger partial charge in [-0.3, -0.25) is 0 Å². The molecule has 0 aliphatic rings. The van der Waals surface area contributed by atoms with Crippen molar-refractivity contribution in [3.8, 4) is 5.75 Å². The summed E-state index contributed by atoms with van der Waals surface area (Å²) in [5.41, 5.74) is 1.30. The maximum atomic E-state index is 5.26. The van der Waals surface area contributed by atoms with Gasteiger partial charge in [-0.15, -0.1) is 0 Å². The molecule has 1 unspecified atom stereocenters. The summed E-state index contributed by atoms with van der Waals surface area (Å²) in [7, 11) is 3.73. The van der Waals surface area contributed by atoms with Gasteiger partial charge < -0.3 is 10.1 Å². The first kappa shape index (κ1) is 14.4. The smallest absolute Gasteiger partial charge is 0.119 e. The molecule has 0 heterocycles. The second kappa shape index (κ2) is 8.43. The van der Waals surface area contributed by atoms with Gasteiger partial charge in [0.05, 0.1) is 7.11 Å². The van der Waals surface area contributed by atoms with Crippen molar-refractivity contribution in [2.75, 3.05) is 25.7 Å². The Balaban J connectivity index is 2.53. The van der Waals surface area contributed by atoms with Crippen LogP contribution in [0.3, 0.4) is 0 Å². The Labute approximate surface area is 109 Å². The monoisotopic (exact) mass is 253 g/mol. The fourth-order valence-electron chi connectivity index (χ4n) is 1.65. The Kier molecular flexibility index (Phi) is 7.13. The van der Waals surface area contributed by atoms with Gasteiger partial charge in [0.15, 0.2) is 0 Å². The Morgan fingerprint density at radius 3 is 2.88 bits per heavy atom. The van der Waals surface area contributed by atoms with E-state index >= 15 is 0 Å². The average Bonchev–Trinajstić information content (AvgIpc) is 2.39. The van der Waals surface area contributed by atoms with Crippen molar-refractivity contribution >= 4 is 11.8 Å². The van der Waals surface area contributed by atoms with Crippen molar-refractivity contribution in [2.45, 2.75) is 25.8 Å². The molecule has 2 nitrogen and oxygen atoms in total. The van der Waals surface area contributed by atoms with Crippen LogP contribution in [0.5, 0.6) is 5.75 Å². The molecule has 0 fully saturated rings. The average molecular weight is 253 g/mol. The summed E-state index contributed by atoms with van der Waals surface area (Å²) in [5.74, 6) is 3.30. The predicted molar refractivity (Wildman–Crippen MR) is 77.0 cm³/mol. The lowest BCUT2D eigenvalue weighted by atomic mass is 10.1. The molecule has 96 valence electrons. The van der Waals surface area contributed by atoms with Gasteiger partial charge in [-0.2, -0.15) is 11.8 Å². The number of rotatable bonds is 8. The number of benzene rings is 1. The molecule has 1 atom stereocenters. The van der Waals surface area contributed by atoms with E-state index in [-0.39, 0.29) is 0 Å². The largest absolute Gasteiger partial charge is 0.497 e. The van der Waals surface area contributed by atoms with Gasteiger partial charge in [0.2, 0.25) is 0 Å². The summed E-state index contributed by atoms with van der Waals surface area (Å²) < 4.78 is 5.26. The Morgan fingerprint density at radius 2 is 2.24 bits per heavy atom. The number of hydrogen-bond acceptors (Lipinski definition) is 3. The van der Waals surface area contributed by atoms with Crippen LogP contribution in [0.1, 0.15) is 31.4 Å². The van der Waals surface area contributed by atoms with Crippen LogP contribution in [-0.4, -0.2) is 25.7 Å². The second-order valence-electron chi connectivity index (χ2n) is 4.05. The minimum absolute atomic E-state index is 0.409. The SMILES string of the molecule is CCCCSCC(NC)c1cccc(OC)c1. The number of methoxy groups -OCH3 is 1. The van der Waals surface area contributed by atoms with Crippen molar-refractivity contribution in [1.29, 1.82) is 0 Å². The van der Waals surface area contributed by atoms with E-state index in [1.54, 1.807) is 7.11 Å². The summed E-state index contributed by atoms with van der Waals surface area (Å²) in [6, 6.07) is 8.72. The van der Waals surface area contributed by atoms with E-state index in [1.165, 1.54) is 24.2 Å². The number of unbranched alkanes of at least 4 members (excludes halogenated alkanes) is 1. The van der Waals surface area contributed by atoms with Crippen LogP contribution in [-0.2, 0) is 0 Å². The van der Waals surface area contributed by atoms with E-state index in [9.17, 15) is 0 Å². The molecule has 0 saturated heterocycles. The molecule has 0 radical (unpaired) electrons. The predicted octanol–water partition coefficient (Wildman–Crippen LogP) is 3.49. The maximum Gasteiger partial charge on any atom is 0.119 e. The van der Waals surface area contributed by atoms with Crippen molar-refractivity contribution < 1.29 is 4.74 Å². The highest BCUT2D eigenvalue weighted by molar-refractivity contribution is 7.99. The maximum absolute atomic E-state index is 5.26. The first-order valence-corrected chi connectivity index (χ1v) is 7.36. The molecule has 1 aromatic carbocycles. The van der Waals surface area contributed by atoms with Crippen LogP contribution in [0.2, 0.25) is 0 Å². The van der Waals surface area contributed by atoms with Gasteiger partial charge in [0.25, 0.3) is 0 Å². The number of thioether (sulfide) groups is 1. The number of ether oxygens (including phenoxy) is 1. The molecule has 1 rings (SSSR count). The molecule has 0 aliphatic heterocycles. The van der Waals surface area contributed by atoms with Gasteiger partial charge in [-0.1, -0.05) is 25.5 Å². The van der Waals surface area contributed by atoms with Crippen molar-refractivity contribution in [1.82, 2.24) is 5.32 Å². The zero-order chi connectivity index (χ0) is 12.5. The topological polar surface area (TPSA) is 21.3 Å². The standard InChI is InChI=1S/C14H23NOS/c1-4-5-9-17-11-14(15-2)12-7-6-8-13(10-12)16-3/h6-8,10,14-15H,4-5,9,11H2,1-3H3. The van der Waals surface area contributed by atoms with E-state index in [1.807, 2.05) is 24.9 Å². The lowest BCUT2D eigenvalue weighted by Gasteiger charge is -2.17. The molecule has 0 spiro atoms. The Bertz CT molecular complexity index is 317. The number of nitrogens with one attached hydrogen (secondary N) is 1. The highest BCUT2D eigenvalue weighted by Crippen LogP contribution is 2.22. The van der Waals surface area contributed by atoms with E-state index < -0.39 is 0 Å². The van der Waals surface area contributed by atoms with Gasteiger partial charge in [-0.25, -0.2) is 0 Å². The third-order valence-electron chi connectivity index (χ3n) is 2.77. The Hall–Kier alpha value is -0.670. The van der Waals surface area contributed by atoms with Crippen LogP contribution in [0.4, 0.5) is 0 Å². The van der Waals surface area contributed by atoms with Gasteiger partial charge in [0, 0.05) is 11.8 Å². The molecule has 0 bridgehead atoms. The minimum Gasteiger partial charge on any atom is -0.497 e. The summed E-state index contributed by atoms with van der Waals surface area (Å²) in [6.07, 6.45) is 2.58. The molecular weight excluding hydrogens is 230 g/mol. The number of hydrogen-bond donors (Lipinski definition) is 1. The molecule has 0 aromatic heterocycles. The van der Waals surface area contributed by atoms with E-state index in [4.69, 9.17) is 4.74 Å². The van der Waals surface area contributed by atoms with E-state index in [2.05, 4.69) is 30.4 Å². The molecule has 1 aromatic rings. The highest BCUT2D eigenvalue weighted by Gasteiger charge is 2.09. The molecule has 0 amide bonds. The third-order valence-corrected chi connectivity index (χ3v) is 3.92. The van der Waals surface area contributed by atoms with Crippen molar-refractivity contribution in [3.63, 3.8) is 0 Å².